The molecule has 4 heteroatoms. The Morgan fingerprint density at radius 1 is 1.25 bits per heavy atom. The molecule has 0 amide bonds. The predicted octanol–water partition coefficient (Wildman–Crippen LogP) is 0.358. The van der Waals surface area contributed by atoms with Crippen LogP contribution in [-0.2, 0) is 6.54 Å². The third kappa shape index (κ3) is 2.76. The molecule has 2 rings (SSSR count). The van der Waals surface area contributed by atoms with E-state index in [1.165, 1.54) is 16.1 Å². The second kappa shape index (κ2) is 5.67. The summed E-state index contributed by atoms with van der Waals surface area (Å²) in [6.07, 6.45) is 0. The first kappa shape index (κ1) is 13.5. The maximum Gasteiger partial charge on any atom is 0.225 e. The van der Waals surface area contributed by atoms with Gasteiger partial charge in [0.15, 0.2) is 12.2 Å². The zero-order valence-electron chi connectivity index (χ0n) is 9.21. The fraction of sp³-hybridized carbons (Fsp3) is 0.250. The molecule has 0 radical (unpaired) electrons. The predicted molar refractivity (Wildman–Crippen MR) is 64.5 cm³/mol. The summed E-state index contributed by atoms with van der Waals surface area (Å²) < 4.78 is 2.24. The molecule has 0 aliphatic heterocycles. The van der Waals surface area contributed by atoms with Crippen LogP contribution in [0.1, 0.15) is 16.1 Å². The summed E-state index contributed by atoms with van der Waals surface area (Å²) in [4.78, 5) is 1.36. The van der Waals surface area contributed by atoms with Gasteiger partial charge >= 0.3 is 0 Å². The number of benzene rings is 1. The highest BCUT2D eigenvalue weighted by atomic mass is 35.5. The first-order valence-electron chi connectivity index (χ1n) is 4.86. The van der Waals surface area contributed by atoms with Crippen LogP contribution in [0, 0.1) is 13.8 Å². The Bertz CT molecular complexity index is 480. The minimum atomic E-state index is 0. The Morgan fingerprint density at radius 3 is 2.50 bits per heavy atom. The van der Waals surface area contributed by atoms with Crippen molar-refractivity contribution in [3.63, 3.8) is 0 Å². The minimum absolute atomic E-state index is 0. The number of aromatic nitrogens is 1. The zero-order chi connectivity index (χ0) is 10.8. The van der Waals surface area contributed by atoms with Gasteiger partial charge in [-0.15, -0.1) is 0 Å². The van der Waals surface area contributed by atoms with Crippen LogP contribution in [0.5, 0.6) is 0 Å². The standard InChI is InChI=1S/C12H13ClNS.ClH/c1-9-10(2)15-8-14(9)7-11-5-3-4-6-12(11)13;/h3-6,8H,7H2,1-2H3;1H/q+1;/p-1. The highest BCUT2D eigenvalue weighted by Gasteiger charge is 2.13. The maximum atomic E-state index is 6.12. The average molecular weight is 274 g/mol. The molecule has 0 N–H and O–H groups in total. The van der Waals surface area contributed by atoms with Crippen molar-refractivity contribution < 1.29 is 17.0 Å². The molecule has 0 atom stereocenters. The first-order chi connectivity index (χ1) is 7.18. The van der Waals surface area contributed by atoms with Gasteiger partial charge in [-0.2, -0.15) is 4.57 Å². The largest absolute Gasteiger partial charge is 1.00 e. The van der Waals surface area contributed by atoms with Gasteiger partial charge in [-0.1, -0.05) is 41.1 Å². The van der Waals surface area contributed by atoms with Crippen molar-refractivity contribution in [2.45, 2.75) is 20.4 Å². The van der Waals surface area contributed by atoms with Gasteiger partial charge in [-0.05, 0) is 13.0 Å². The Labute approximate surface area is 111 Å². The van der Waals surface area contributed by atoms with E-state index in [1.54, 1.807) is 11.3 Å². The number of thiazole rings is 1. The monoisotopic (exact) mass is 273 g/mol. The summed E-state index contributed by atoms with van der Waals surface area (Å²) in [6.45, 7) is 5.14. The van der Waals surface area contributed by atoms with Gasteiger partial charge in [0, 0.05) is 12.5 Å². The van der Waals surface area contributed by atoms with E-state index in [1.807, 2.05) is 18.2 Å². The third-order valence-corrected chi connectivity index (χ3v) is 3.97. The Kier molecular flexibility index (Phi) is 4.78. The topological polar surface area (TPSA) is 3.88 Å². The first-order valence-corrected chi connectivity index (χ1v) is 6.12. The van der Waals surface area contributed by atoms with E-state index in [-0.39, 0.29) is 12.4 Å². The number of aryl methyl sites for hydroxylation is 1. The lowest BCUT2D eigenvalue weighted by molar-refractivity contribution is -0.689. The van der Waals surface area contributed by atoms with Crippen LogP contribution in [0.15, 0.2) is 29.8 Å². The number of hydrogen-bond donors (Lipinski definition) is 0. The smallest absolute Gasteiger partial charge is 0.225 e. The maximum absolute atomic E-state index is 6.12. The molecule has 1 aromatic heterocycles. The highest BCUT2D eigenvalue weighted by molar-refractivity contribution is 7.09. The Morgan fingerprint density at radius 2 is 1.94 bits per heavy atom. The second-order valence-electron chi connectivity index (χ2n) is 3.58. The molecular formula is C12H13Cl2NS. The number of hydrogen-bond acceptors (Lipinski definition) is 1. The van der Waals surface area contributed by atoms with Crippen LogP contribution >= 0.6 is 22.9 Å². The van der Waals surface area contributed by atoms with Gasteiger partial charge in [0.25, 0.3) is 0 Å². The molecule has 0 bridgehead atoms. The van der Waals surface area contributed by atoms with Gasteiger partial charge in [-0.25, -0.2) is 0 Å². The molecule has 0 unspecified atom stereocenters. The summed E-state index contributed by atoms with van der Waals surface area (Å²) >= 11 is 7.90. The van der Waals surface area contributed by atoms with E-state index in [0.717, 1.165) is 11.6 Å². The molecule has 16 heavy (non-hydrogen) atoms. The molecule has 0 saturated carbocycles. The summed E-state index contributed by atoms with van der Waals surface area (Å²) in [7, 11) is 0. The molecule has 0 aliphatic rings. The molecule has 2 aromatic rings. The van der Waals surface area contributed by atoms with Crippen LogP contribution in [-0.4, -0.2) is 0 Å². The molecule has 1 nitrogen and oxygen atoms in total. The van der Waals surface area contributed by atoms with Gasteiger partial charge in [-0.3, -0.25) is 0 Å². The lowest BCUT2D eigenvalue weighted by Crippen LogP contribution is -3.00. The normalized spacial score (nSPS) is 9.94. The van der Waals surface area contributed by atoms with Crippen molar-refractivity contribution in [1.82, 2.24) is 0 Å². The van der Waals surface area contributed by atoms with E-state index in [2.05, 4.69) is 30.0 Å². The van der Waals surface area contributed by atoms with E-state index >= 15 is 0 Å². The highest BCUT2D eigenvalue weighted by Crippen LogP contribution is 2.16. The molecule has 0 fully saturated rings. The van der Waals surface area contributed by atoms with E-state index in [0.29, 0.717) is 0 Å². The van der Waals surface area contributed by atoms with Crippen LogP contribution in [0.25, 0.3) is 0 Å². The molecule has 1 heterocycles. The van der Waals surface area contributed by atoms with Gasteiger partial charge in [0.05, 0.1) is 9.90 Å². The number of halogens is 2. The SMILES string of the molecule is Cc1sc[n+](Cc2ccccc2Cl)c1C.[Cl-]. The quantitative estimate of drug-likeness (QED) is 0.696. The van der Waals surface area contributed by atoms with Gasteiger partial charge in [0.1, 0.15) is 0 Å². The van der Waals surface area contributed by atoms with E-state index in [4.69, 9.17) is 11.6 Å². The Hall–Kier alpha value is -0.570. The molecule has 0 spiro atoms. The molecule has 1 aromatic carbocycles. The Balaban J connectivity index is 0.00000128. The lowest BCUT2D eigenvalue weighted by Gasteiger charge is -1.99. The lowest BCUT2D eigenvalue weighted by atomic mass is 10.2. The zero-order valence-corrected chi connectivity index (χ0v) is 11.5. The van der Waals surface area contributed by atoms with E-state index < -0.39 is 0 Å². The van der Waals surface area contributed by atoms with Crippen LogP contribution in [0.4, 0.5) is 0 Å². The van der Waals surface area contributed by atoms with Crippen molar-refractivity contribution in [2.24, 2.45) is 0 Å². The fourth-order valence-corrected chi connectivity index (χ4v) is 2.48. The van der Waals surface area contributed by atoms with Gasteiger partial charge in [0.2, 0.25) is 5.51 Å². The molecule has 0 saturated heterocycles. The number of rotatable bonds is 2. The summed E-state index contributed by atoms with van der Waals surface area (Å²) in [5, 5.41) is 0.841. The molecular weight excluding hydrogens is 261 g/mol. The number of nitrogens with zero attached hydrogens (tertiary/aromatic N) is 1. The summed E-state index contributed by atoms with van der Waals surface area (Å²) in [5.74, 6) is 0. The average Bonchev–Trinajstić information content (AvgIpc) is 2.53. The van der Waals surface area contributed by atoms with Crippen molar-refractivity contribution in [3.8, 4) is 0 Å². The van der Waals surface area contributed by atoms with Crippen molar-refractivity contribution in [3.05, 3.63) is 50.9 Å². The second-order valence-corrected chi connectivity index (χ2v) is 5.05. The molecule has 86 valence electrons. The van der Waals surface area contributed by atoms with Crippen LogP contribution in [0.3, 0.4) is 0 Å². The minimum Gasteiger partial charge on any atom is -1.00 e. The van der Waals surface area contributed by atoms with Crippen LogP contribution < -0.4 is 17.0 Å². The third-order valence-electron chi connectivity index (χ3n) is 2.60. The van der Waals surface area contributed by atoms with Crippen molar-refractivity contribution in [1.29, 1.82) is 0 Å². The van der Waals surface area contributed by atoms with Crippen molar-refractivity contribution in [2.75, 3.05) is 0 Å². The summed E-state index contributed by atoms with van der Waals surface area (Å²) in [6, 6.07) is 7.99. The van der Waals surface area contributed by atoms with E-state index in [9.17, 15) is 0 Å². The molecule has 0 aliphatic carbocycles. The van der Waals surface area contributed by atoms with Crippen molar-refractivity contribution >= 4 is 22.9 Å². The summed E-state index contributed by atoms with van der Waals surface area (Å²) in [5.41, 5.74) is 4.64. The fourth-order valence-electron chi connectivity index (χ4n) is 1.48. The van der Waals surface area contributed by atoms with Gasteiger partial charge < -0.3 is 12.4 Å². The van der Waals surface area contributed by atoms with Crippen LogP contribution in [0.2, 0.25) is 5.02 Å².